The number of para-hydroxylation sites is 1. The number of methoxy groups -OCH3 is 1. The number of carbonyl (C=O) groups is 1. The predicted octanol–water partition coefficient (Wildman–Crippen LogP) is 2.80. The van der Waals surface area contributed by atoms with Crippen molar-refractivity contribution in [1.29, 1.82) is 0 Å². The van der Waals surface area contributed by atoms with E-state index in [1.165, 1.54) is 18.1 Å². The fourth-order valence-corrected chi connectivity index (χ4v) is 3.02. The molecule has 2 heterocycles. The Hall–Kier alpha value is -3.48. The van der Waals surface area contributed by atoms with Crippen LogP contribution in [0.3, 0.4) is 0 Å². The molecule has 138 valence electrons. The van der Waals surface area contributed by atoms with Gasteiger partial charge in [0.15, 0.2) is 22.8 Å². The molecule has 7 nitrogen and oxygen atoms in total. The highest BCUT2D eigenvalue weighted by Gasteiger charge is 2.20. The van der Waals surface area contributed by atoms with Crippen LogP contribution in [0.25, 0.3) is 11.0 Å². The molecule has 7 heteroatoms. The summed E-state index contributed by atoms with van der Waals surface area (Å²) in [5.41, 5.74) is 0.454. The van der Waals surface area contributed by atoms with E-state index in [4.69, 9.17) is 18.6 Å². The summed E-state index contributed by atoms with van der Waals surface area (Å²) in [6.45, 7) is 0.500. The van der Waals surface area contributed by atoms with E-state index in [0.29, 0.717) is 34.8 Å². The number of nitrogens with zero attached hydrogens (tertiary/aromatic N) is 1. The van der Waals surface area contributed by atoms with Gasteiger partial charge in [0.2, 0.25) is 6.79 Å². The summed E-state index contributed by atoms with van der Waals surface area (Å²) >= 11 is 0. The first-order valence-corrected chi connectivity index (χ1v) is 8.31. The molecule has 0 spiro atoms. The van der Waals surface area contributed by atoms with Crippen LogP contribution in [0, 0.1) is 0 Å². The van der Waals surface area contributed by atoms with Gasteiger partial charge in [0.1, 0.15) is 5.56 Å². The molecule has 3 aromatic rings. The zero-order chi connectivity index (χ0) is 19.0. The Kier molecular flexibility index (Phi) is 4.19. The predicted molar refractivity (Wildman–Crippen MR) is 97.4 cm³/mol. The third kappa shape index (κ3) is 3.08. The van der Waals surface area contributed by atoms with Crippen molar-refractivity contribution in [2.75, 3.05) is 21.0 Å². The van der Waals surface area contributed by atoms with Gasteiger partial charge in [-0.1, -0.05) is 18.2 Å². The second-order valence-electron chi connectivity index (χ2n) is 6.17. The van der Waals surface area contributed by atoms with Gasteiger partial charge in [-0.05, 0) is 29.8 Å². The maximum atomic E-state index is 12.8. The molecule has 1 amide bonds. The lowest BCUT2D eigenvalue weighted by atomic mass is 10.1. The van der Waals surface area contributed by atoms with E-state index in [1.807, 2.05) is 12.1 Å². The fraction of sp³-hybridized carbons (Fsp3) is 0.200. The highest BCUT2D eigenvalue weighted by molar-refractivity contribution is 5.97. The van der Waals surface area contributed by atoms with Crippen LogP contribution in [0.15, 0.2) is 51.7 Å². The second-order valence-corrected chi connectivity index (χ2v) is 6.17. The van der Waals surface area contributed by atoms with Gasteiger partial charge in [-0.25, -0.2) is 4.79 Å². The third-order valence-corrected chi connectivity index (χ3v) is 4.38. The molecule has 0 atom stereocenters. The largest absolute Gasteiger partial charge is 0.493 e. The smallest absolute Gasteiger partial charge is 0.349 e. The van der Waals surface area contributed by atoms with Crippen molar-refractivity contribution in [3.63, 3.8) is 0 Å². The van der Waals surface area contributed by atoms with Crippen LogP contribution >= 0.6 is 0 Å². The van der Waals surface area contributed by atoms with Crippen LogP contribution in [0.5, 0.6) is 17.2 Å². The van der Waals surface area contributed by atoms with Crippen LogP contribution in [-0.2, 0) is 6.54 Å². The minimum Gasteiger partial charge on any atom is -0.493 e. The van der Waals surface area contributed by atoms with Crippen molar-refractivity contribution in [3.8, 4) is 17.2 Å². The SMILES string of the molecule is COc1cccc2cc(C(=O)N(C)Cc3ccc4c(c3)OCO4)c(=O)oc12. The van der Waals surface area contributed by atoms with Gasteiger partial charge >= 0.3 is 5.63 Å². The summed E-state index contributed by atoms with van der Waals surface area (Å²) in [5.74, 6) is 1.34. The molecule has 0 unspecified atom stereocenters. The number of fused-ring (bicyclic) bond motifs is 2. The summed E-state index contributed by atoms with van der Waals surface area (Å²) in [4.78, 5) is 26.6. The number of benzene rings is 2. The lowest BCUT2D eigenvalue weighted by molar-refractivity contribution is 0.0781. The minimum atomic E-state index is -0.700. The molecular formula is C20H17NO6. The summed E-state index contributed by atoms with van der Waals surface area (Å²) < 4.78 is 21.2. The van der Waals surface area contributed by atoms with E-state index in [9.17, 15) is 9.59 Å². The fourth-order valence-electron chi connectivity index (χ4n) is 3.02. The third-order valence-electron chi connectivity index (χ3n) is 4.38. The summed E-state index contributed by atoms with van der Waals surface area (Å²) in [5, 5.41) is 0.619. The zero-order valence-electron chi connectivity index (χ0n) is 14.9. The molecule has 1 aromatic heterocycles. The van der Waals surface area contributed by atoms with E-state index in [2.05, 4.69) is 0 Å². The standard InChI is InChI=1S/C20H17NO6/c1-21(10-12-6-7-15-17(8-12)26-11-25-15)19(22)14-9-13-4-3-5-16(24-2)18(13)27-20(14)23/h3-9H,10-11H2,1-2H3. The van der Waals surface area contributed by atoms with Crippen LogP contribution < -0.4 is 19.8 Å². The monoisotopic (exact) mass is 367 g/mol. The second kappa shape index (κ2) is 6.68. The van der Waals surface area contributed by atoms with E-state index < -0.39 is 11.5 Å². The summed E-state index contributed by atoms with van der Waals surface area (Å²) in [7, 11) is 3.12. The molecule has 0 bridgehead atoms. The highest BCUT2D eigenvalue weighted by Crippen LogP contribution is 2.32. The lowest BCUT2D eigenvalue weighted by Gasteiger charge is -2.17. The zero-order valence-corrected chi connectivity index (χ0v) is 14.9. The summed E-state index contributed by atoms with van der Waals surface area (Å²) in [6.07, 6.45) is 0. The number of rotatable bonds is 4. The molecule has 0 fully saturated rings. The maximum absolute atomic E-state index is 12.8. The van der Waals surface area contributed by atoms with Crippen molar-refractivity contribution < 1.29 is 23.4 Å². The number of carbonyl (C=O) groups excluding carboxylic acids is 1. The maximum Gasteiger partial charge on any atom is 0.349 e. The molecule has 0 radical (unpaired) electrons. The average Bonchev–Trinajstić information content (AvgIpc) is 3.14. The first-order chi connectivity index (χ1) is 13.1. The van der Waals surface area contributed by atoms with Crippen LogP contribution in [0.4, 0.5) is 0 Å². The Bertz CT molecular complexity index is 1090. The van der Waals surface area contributed by atoms with E-state index in [1.54, 1.807) is 31.3 Å². The Morgan fingerprint density at radius 1 is 1.15 bits per heavy atom. The molecule has 1 aliphatic heterocycles. The van der Waals surface area contributed by atoms with Crippen LogP contribution in [0.2, 0.25) is 0 Å². The number of ether oxygens (including phenoxy) is 3. The van der Waals surface area contributed by atoms with E-state index in [0.717, 1.165) is 5.56 Å². The molecule has 0 N–H and O–H groups in total. The Morgan fingerprint density at radius 3 is 2.78 bits per heavy atom. The molecule has 4 rings (SSSR count). The Labute approximate surface area is 154 Å². The minimum absolute atomic E-state index is 0.0287. The summed E-state index contributed by atoms with van der Waals surface area (Å²) in [6, 6.07) is 12.2. The highest BCUT2D eigenvalue weighted by atomic mass is 16.7. The first-order valence-electron chi connectivity index (χ1n) is 8.31. The molecule has 1 aliphatic rings. The topological polar surface area (TPSA) is 78.2 Å². The molecule has 0 aliphatic carbocycles. The lowest BCUT2D eigenvalue weighted by Crippen LogP contribution is -2.30. The van der Waals surface area contributed by atoms with Crippen molar-refractivity contribution in [3.05, 3.63) is 64.0 Å². The van der Waals surface area contributed by atoms with Gasteiger partial charge in [0.05, 0.1) is 7.11 Å². The van der Waals surface area contributed by atoms with Crippen molar-refractivity contribution in [2.24, 2.45) is 0 Å². The van der Waals surface area contributed by atoms with Crippen molar-refractivity contribution in [2.45, 2.75) is 6.54 Å². The number of amides is 1. The molecular weight excluding hydrogens is 350 g/mol. The molecule has 0 saturated heterocycles. The quantitative estimate of drug-likeness (QED) is 0.660. The van der Waals surface area contributed by atoms with Gasteiger partial charge in [0.25, 0.3) is 5.91 Å². The van der Waals surface area contributed by atoms with Crippen molar-refractivity contribution >= 4 is 16.9 Å². The van der Waals surface area contributed by atoms with E-state index in [-0.39, 0.29) is 12.4 Å². The van der Waals surface area contributed by atoms with Crippen LogP contribution in [0.1, 0.15) is 15.9 Å². The Balaban J connectivity index is 1.62. The van der Waals surface area contributed by atoms with Gasteiger partial charge < -0.3 is 23.5 Å². The van der Waals surface area contributed by atoms with Gasteiger partial charge in [-0.15, -0.1) is 0 Å². The Morgan fingerprint density at radius 2 is 1.96 bits per heavy atom. The van der Waals surface area contributed by atoms with Gasteiger partial charge in [-0.3, -0.25) is 4.79 Å². The van der Waals surface area contributed by atoms with Gasteiger partial charge in [0, 0.05) is 19.0 Å². The normalized spacial score (nSPS) is 12.2. The number of hydrogen-bond acceptors (Lipinski definition) is 6. The van der Waals surface area contributed by atoms with E-state index >= 15 is 0 Å². The molecule has 27 heavy (non-hydrogen) atoms. The van der Waals surface area contributed by atoms with Crippen molar-refractivity contribution in [1.82, 2.24) is 4.90 Å². The molecule has 0 saturated carbocycles. The first kappa shape index (κ1) is 17.0. The number of hydrogen-bond donors (Lipinski definition) is 0. The average molecular weight is 367 g/mol. The van der Waals surface area contributed by atoms with Crippen LogP contribution in [-0.4, -0.2) is 31.8 Å². The molecule has 2 aromatic carbocycles. The van der Waals surface area contributed by atoms with Gasteiger partial charge in [-0.2, -0.15) is 0 Å².